The lowest BCUT2D eigenvalue weighted by molar-refractivity contribution is 0.666. The molecule has 0 heteroatoms. The first-order chi connectivity index (χ1) is 16.2. The molecule has 3 aromatic rings. The van der Waals surface area contributed by atoms with Gasteiger partial charge >= 0.3 is 0 Å². The Morgan fingerprint density at radius 3 is 1.33 bits per heavy atom. The Labute approximate surface area is 203 Å². The minimum Gasteiger partial charge on any atom is -0.0654 e. The molecule has 0 nitrogen and oxygen atoms in total. The van der Waals surface area contributed by atoms with E-state index < -0.39 is 0 Å². The molecule has 0 saturated heterocycles. The normalized spacial score (nSPS) is 11.1. The van der Waals surface area contributed by atoms with E-state index in [9.17, 15) is 0 Å². The summed E-state index contributed by atoms with van der Waals surface area (Å²) in [6.45, 7) is 6.80. The molecule has 0 fully saturated rings. The molecule has 0 aliphatic rings. The summed E-state index contributed by atoms with van der Waals surface area (Å²) in [5.41, 5.74) is 10.1. The Kier molecular flexibility index (Phi) is 10.8. The van der Waals surface area contributed by atoms with Crippen LogP contribution in [0.4, 0.5) is 0 Å². The van der Waals surface area contributed by atoms with Crippen molar-refractivity contribution in [2.75, 3.05) is 0 Å². The van der Waals surface area contributed by atoms with E-state index in [-0.39, 0.29) is 0 Å². The molecular formula is C33H44. The van der Waals surface area contributed by atoms with E-state index in [0.29, 0.717) is 0 Å². The summed E-state index contributed by atoms with van der Waals surface area (Å²) in [6.07, 6.45) is 15.1. The molecule has 0 amide bonds. The molecule has 176 valence electrons. The Bertz CT molecular complexity index is 890. The molecule has 0 saturated carbocycles. The van der Waals surface area contributed by atoms with Crippen LogP contribution in [0.3, 0.4) is 0 Å². The fourth-order valence-corrected chi connectivity index (χ4v) is 4.93. The van der Waals surface area contributed by atoms with Crippen LogP contribution >= 0.6 is 0 Å². The van der Waals surface area contributed by atoms with Gasteiger partial charge in [-0.15, -0.1) is 0 Å². The van der Waals surface area contributed by atoms with Crippen molar-refractivity contribution >= 4 is 0 Å². The second-order valence-corrected chi connectivity index (χ2v) is 9.94. The summed E-state index contributed by atoms with van der Waals surface area (Å²) in [7, 11) is 0. The number of unbranched alkanes of at least 4 members (excludes halogenated alkanes) is 6. The van der Waals surface area contributed by atoms with E-state index >= 15 is 0 Å². The molecule has 0 heterocycles. The Hall–Kier alpha value is -2.34. The summed E-state index contributed by atoms with van der Waals surface area (Å²) in [5, 5.41) is 0. The van der Waals surface area contributed by atoms with Crippen molar-refractivity contribution in [2.24, 2.45) is 0 Å². The fourth-order valence-electron chi connectivity index (χ4n) is 4.93. The van der Waals surface area contributed by atoms with E-state index in [2.05, 4.69) is 87.5 Å². The SMILES string of the molecule is CCCCCCc1cccc(Cc2cc(C)cc(Cc3cccc(CCCCCC)c3)c2)c1. The minimum atomic E-state index is 1.02. The zero-order chi connectivity index (χ0) is 23.3. The van der Waals surface area contributed by atoms with Gasteiger partial charge in [-0.25, -0.2) is 0 Å². The summed E-state index contributed by atoms with van der Waals surface area (Å²) < 4.78 is 0. The number of aryl methyl sites for hydroxylation is 3. The van der Waals surface area contributed by atoms with Crippen molar-refractivity contribution in [1.82, 2.24) is 0 Å². The van der Waals surface area contributed by atoms with Gasteiger partial charge in [0.15, 0.2) is 0 Å². The molecule has 3 aromatic carbocycles. The van der Waals surface area contributed by atoms with Gasteiger partial charge in [0.2, 0.25) is 0 Å². The predicted octanol–water partition coefficient (Wildman–Crippen LogP) is 9.42. The molecule has 0 atom stereocenters. The average molecular weight is 441 g/mol. The number of hydrogen-bond donors (Lipinski definition) is 0. The summed E-state index contributed by atoms with van der Waals surface area (Å²) in [6, 6.07) is 25.7. The van der Waals surface area contributed by atoms with E-state index in [1.165, 1.54) is 103 Å². The monoisotopic (exact) mass is 440 g/mol. The topological polar surface area (TPSA) is 0 Å². The molecule has 0 aromatic heterocycles. The molecule has 0 spiro atoms. The summed E-state index contributed by atoms with van der Waals surface area (Å²) in [4.78, 5) is 0. The van der Waals surface area contributed by atoms with E-state index in [1.807, 2.05) is 0 Å². The number of benzene rings is 3. The first-order valence-electron chi connectivity index (χ1n) is 13.4. The van der Waals surface area contributed by atoms with Gasteiger partial charge < -0.3 is 0 Å². The number of hydrogen-bond acceptors (Lipinski definition) is 0. The highest BCUT2D eigenvalue weighted by Crippen LogP contribution is 2.20. The lowest BCUT2D eigenvalue weighted by Gasteiger charge is -2.11. The first-order valence-corrected chi connectivity index (χ1v) is 13.4. The molecule has 0 aliphatic heterocycles. The van der Waals surface area contributed by atoms with Gasteiger partial charge in [0, 0.05) is 0 Å². The van der Waals surface area contributed by atoms with Gasteiger partial charge in [0.1, 0.15) is 0 Å². The average Bonchev–Trinajstić information content (AvgIpc) is 2.80. The van der Waals surface area contributed by atoms with Gasteiger partial charge in [0.25, 0.3) is 0 Å². The van der Waals surface area contributed by atoms with Gasteiger partial charge in [-0.1, -0.05) is 125 Å². The molecule has 3 rings (SSSR count). The lowest BCUT2D eigenvalue weighted by Crippen LogP contribution is -1.96. The molecule has 0 bridgehead atoms. The quantitative estimate of drug-likeness (QED) is 0.219. The summed E-state index contributed by atoms with van der Waals surface area (Å²) >= 11 is 0. The highest BCUT2D eigenvalue weighted by Gasteiger charge is 2.05. The molecule has 0 aliphatic carbocycles. The Balaban J connectivity index is 1.63. The van der Waals surface area contributed by atoms with Gasteiger partial charge in [-0.3, -0.25) is 0 Å². The Morgan fingerprint density at radius 1 is 0.455 bits per heavy atom. The van der Waals surface area contributed by atoms with Crippen LogP contribution in [0.15, 0.2) is 66.7 Å². The minimum absolute atomic E-state index is 1.02. The van der Waals surface area contributed by atoms with Crippen LogP contribution in [-0.2, 0) is 25.7 Å². The van der Waals surface area contributed by atoms with Crippen LogP contribution in [0.2, 0.25) is 0 Å². The van der Waals surface area contributed by atoms with Crippen molar-refractivity contribution in [1.29, 1.82) is 0 Å². The molecule has 0 unspecified atom stereocenters. The standard InChI is InChI=1S/C33H44/c1-4-6-8-10-14-28-16-12-18-30(22-28)24-32-20-27(3)21-33(26-32)25-31-19-13-17-29(23-31)15-11-9-7-5-2/h12-13,16-23,26H,4-11,14-15,24-25H2,1-3H3. The third kappa shape index (κ3) is 9.20. The van der Waals surface area contributed by atoms with Gasteiger partial charge in [0.05, 0.1) is 0 Å². The van der Waals surface area contributed by atoms with Crippen molar-refractivity contribution in [3.63, 3.8) is 0 Å². The van der Waals surface area contributed by atoms with Crippen LogP contribution in [0, 0.1) is 6.92 Å². The van der Waals surface area contributed by atoms with Crippen LogP contribution in [0.1, 0.15) is 104 Å². The van der Waals surface area contributed by atoms with Crippen molar-refractivity contribution in [2.45, 2.75) is 97.8 Å². The van der Waals surface area contributed by atoms with Crippen LogP contribution < -0.4 is 0 Å². The molecular weight excluding hydrogens is 396 g/mol. The third-order valence-electron chi connectivity index (χ3n) is 6.63. The lowest BCUT2D eigenvalue weighted by atomic mass is 9.95. The smallest absolute Gasteiger partial charge is 0.00255 e. The Morgan fingerprint density at radius 2 is 0.879 bits per heavy atom. The maximum atomic E-state index is 2.43. The maximum absolute atomic E-state index is 2.43. The second-order valence-electron chi connectivity index (χ2n) is 9.94. The predicted molar refractivity (Wildman–Crippen MR) is 145 cm³/mol. The third-order valence-corrected chi connectivity index (χ3v) is 6.63. The van der Waals surface area contributed by atoms with Gasteiger partial charge in [-0.05, 0) is 78.8 Å². The van der Waals surface area contributed by atoms with E-state index in [0.717, 1.165) is 12.8 Å². The maximum Gasteiger partial charge on any atom is -0.00255 e. The molecule has 33 heavy (non-hydrogen) atoms. The summed E-state index contributed by atoms with van der Waals surface area (Å²) in [5.74, 6) is 0. The second kappa shape index (κ2) is 14.0. The number of rotatable bonds is 14. The molecule has 0 radical (unpaired) electrons. The van der Waals surface area contributed by atoms with Crippen LogP contribution in [-0.4, -0.2) is 0 Å². The van der Waals surface area contributed by atoms with Crippen LogP contribution in [0.25, 0.3) is 0 Å². The highest BCUT2D eigenvalue weighted by molar-refractivity contribution is 5.37. The van der Waals surface area contributed by atoms with Crippen molar-refractivity contribution < 1.29 is 0 Å². The highest BCUT2D eigenvalue weighted by atomic mass is 14.1. The van der Waals surface area contributed by atoms with Crippen molar-refractivity contribution in [3.8, 4) is 0 Å². The van der Waals surface area contributed by atoms with E-state index in [1.54, 1.807) is 0 Å². The van der Waals surface area contributed by atoms with Gasteiger partial charge in [-0.2, -0.15) is 0 Å². The fraction of sp³-hybridized carbons (Fsp3) is 0.455. The largest absolute Gasteiger partial charge is 0.0654 e. The van der Waals surface area contributed by atoms with Crippen molar-refractivity contribution in [3.05, 3.63) is 106 Å². The van der Waals surface area contributed by atoms with Crippen LogP contribution in [0.5, 0.6) is 0 Å². The zero-order valence-corrected chi connectivity index (χ0v) is 21.3. The first kappa shape index (κ1) is 25.3. The van der Waals surface area contributed by atoms with E-state index in [4.69, 9.17) is 0 Å². The zero-order valence-electron chi connectivity index (χ0n) is 21.3. The molecule has 0 N–H and O–H groups in total.